The van der Waals surface area contributed by atoms with Crippen LogP contribution < -0.4 is 0 Å². The molecule has 0 saturated carbocycles. The lowest BCUT2D eigenvalue weighted by atomic mass is 9.99. The molecule has 2 aliphatic carbocycles. The van der Waals surface area contributed by atoms with E-state index in [0.717, 1.165) is 6.42 Å². The fraction of sp³-hybridized carbons (Fsp3) is 0.400. The van der Waals surface area contributed by atoms with Crippen molar-refractivity contribution in [1.82, 2.24) is 9.38 Å². The molecule has 0 unspecified atom stereocenters. The molecule has 0 spiro atoms. The van der Waals surface area contributed by atoms with E-state index in [1.165, 1.54) is 58.9 Å². The van der Waals surface area contributed by atoms with Crippen LogP contribution >= 0.6 is 22.7 Å². The van der Waals surface area contributed by atoms with Crippen molar-refractivity contribution in [1.29, 1.82) is 0 Å². The molecule has 2 aliphatic rings. The van der Waals surface area contributed by atoms with Gasteiger partial charge in [-0.25, -0.2) is 4.98 Å². The van der Waals surface area contributed by atoms with Gasteiger partial charge >= 0.3 is 0 Å². The molecular weight excluding hydrogens is 272 g/mol. The second-order valence-electron chi connectivity index (χ2n) is 5.46. The Hall–Kier alpha value is -1.13. The molecule has 0 saturated heterocycles. The molecule has 0 atom stereocenters. The predicted molar refractivity (Wildman–Crippen MR) is 80.4 cm³/mol. The van der Waals surface area contributed by atoms with Gasteiger partial charge in [0.1, 0.15) is 0 Å². The summed E-state index contributed by atoms with van der Waals surface area (Å²) in [6.07, 6.45) is 7.56. The highest BCUT2D eigenvalue weighted by molar-refractivity contribution is 7.17. The molecule has 0 aromatic carbocycles. The molecule has 3 aromatic heterocycles. The lowest BCUT2D eigenvalue weighted by Gasteiger charge is -2.15. The van der Waals surface area contributed by atoms with Gasteiger partial charge in [0, 0.05) is 21.0 Å². The summed E-state index contributed by atoms with van der Waals surface area (Å²) >= 11 is 3.81. The number of thiophene rings is 1. The number of aryl methyl sites for hydroxylation is 4. The van der Waals surface area contributed by atoms with E-state index in [4.69, 9.17) is 4.98 Å². The summed E-state index contributed by atoms with van der Waals surface area (Å²) in [5.74, 6) is 0. The SMILES string of the molecule is c1cc2c(s1)CCc1c-2nc2sc3c(n12)CCCC3. The van der Waals surface area contributed by atoms with E-state index in [0.29, 0.717) is 0 Å². The van der Waals surface area contributed by atoms with E-state index in [1.54, 1.807) is 10.6 Å². The molecule has 0 bridgehead atoms. The number of rotatable bonds is 0. The van der Waals surface area contributed by atoms with Crippen molar-refractivity contribution in [2.45, 2.75) is 38.5 Å². The van der Waals surface area contributed by atoms with Crippen LogP contribution in [0.2, 0.25) is 0 Å². The van der Waals surface area contributed by atoms with Gasteiger partial charge in [-0.2, -0.15) is 0 Å². The van der Waals surface area contributed by atoms with Crippen LogP contribution in [-0.4, -0.2) is 9.38 Å². The number of fused-ring (bicyclic) bond motifs is 7. The van der Waals surface area contributed by atoms with Gasteiger partial charge in [-0.05, 0) is 50.0 Å². The van der Waals surface area contributed by atoms with Crippen LogP contribution in [0.3, 0.4) is 0 Å². The molecule has 0 amide bonds. The van der Waals surface area contributed by atoms with Crippen LogP contribution in [0.1, 0.15) is 34.0 Å². The first-order valence-corrected chi connectivity index (χ1v) is 8.70. The number of imidazole rings is 1. The summed E-state index contributed by atoms with van der Waals surface area (Å²) in [6.45, 7) is 0. The van der Waals surface area contributed by atoms with Crippen molar-refractivity contribution in [2.75, 3.05) is 0 Å². The largest absolute Gasteiger partial charge is 0.291 e. The second-order valence-corrected chi connectivity index (χ2v) is 7.52. The molecule has 2 nitrogen and oxygen atoms in total. The summed E-state index contributed by atoms with van der Waals surface area (Å²) in [4.78, 5) is 9.30. The van der Waals surface area contributed by atoms with Gasteiger partial charge in [0.25, 0.3) is 0 Å². The number of aromatic nitrogens is 2. The Morgan fingerprint density at radius 2 is 1.95 bits per heavy atom. The molecule has 3 aromatic rings. The molecule has 0 N–H and O–H groups in total. The summed E-state index contributed by atoms with van der Waals surface area (Å²) < 4.78 is 2.50. The standard InChI is InChI=1S/C15H14N2S2/c1-2-4-13-10(3-1)17-11-5-6-12-9(7-8-18-12)14(11)16-15(17)19-13/h7-8H,1-6H2. The van der Waals surface area contributed by atoms with E-state index >= 15 is 0 Å². The Labute approximate surface area is 119 Å². The van der Waals surface area contributed by atoms with Crippen molar-refractivity contribution in [3.05, 3.63) is 32.6 Å². The van der Waals surface area contributed by atoms with Crippen LogP contribution in [0.5, 0.6) is 0 Å². The van der Waals surface area contributed by atoms with Gasteiger partial charge in [0.2, 0.25) is 0 Å². The Kier molecular flexibility index (Phi) is 2.07. The van der Waals surface area contributed by atoms with Gasteiger partial charge in [-0.15, -0.1) is 22.7 Å². The quantitative estimate of drug-likeness (QED) is 0.608. The van der Waals surface area contributed by atoms with Crippen LogP contribution in [0.4, 0.5) is 0 Å². The van der Waals surface area contributed by atoms with E-state index in [2.05, 4.69) is 15.8 Å². The summed E-state index contributed by atoms with van der Waals surface area (Å²) in [6, 6.07) is 2.25. The van der Waals surface area contributed by atoms with Crippen LogP contribution in [0.15, 0.2) is 11.4 Å². The van der Waals surface area contributed by atoms with E-state index in [1.807, 2.05) is 22.7 Å². The zero-order valence-corrected chi connectivity index (χ0v) is 12.2. The molecule has 96 valence electrons. The van der Waals surface area contributed by atoms with Gasteiger partial charge in [-0.1, -0.05) is 0 Å². The number of thiazole rings is 1. The highest BCUT2D eigenvalue weighted by Crippen LogP contribution is 2.40. The number of hydrogen-bond acceptors (Lipinski definition) is 3. The maximum Gasteiger partial charge on any atom is 0.194 e. The zero-order valence-electron chi connectivity index (χ0n) is 10.6. The normalized spacial score (nSPS) is 17.3. The van der Waals surface area contributed by atoms with Gasteiger partial charge in [-0.3, -0.25) is 4.40 Å². The average molecular weight is 286 g/mol. The second kappa shape index (κ2) is 3.70. The van der Waals surface area contributed by atoms with Gasteiger partial charge < -0.3 is 0 Å². The Balaban J connectivity index is 1.84. The summed E-state index contributed by atoms with van der Waals surface area (Å²) in [5, 5.41) is 2.21. The first kappa shape index (κ1) is 10.6. The highest BCUT2D eigenvalue weighted by atomic mass is 32.1. The smallest absolute Gasteiger partial charge is 0.194 e. The Morgan fingerprint density at radius 1 is 1.00 bits per heavy atom. The predicted octanol–water partition coefficient (Wildman–Crippen LogP) is 4.10. The van der Waals surface area contributed by atoms with Crippen LogP contribution in [-0.2, 0) is 25.7 Å². The van der Waals surface area contributed by atoms with Gasteiger partial charge in [0.15, 0.2) is 4.96 Å². The molecule has 0 fully saturated rings. The number of nitrogens with zero attached hydrogens (tertiary/aromatic N) is 2. The summed E-state index contributed by atoms with van der Waals surface area (Å²) in [7, 11) is 0. The lowest BCUT2D eigenvalue weighted by molar-refractivity contribution is 0.669. The summed E-state index contributed by atoms with van der Waals surface area (Å²) in [5.41, 5.74) is 5.70. The minimum Gasteiger partial charge on any atom is -0.291 e. The van der Waals surface area contributed by atoms with Crippen molar-refractivity contribution in [2.24, 2.45) is 0 Å². The third-order valence-electron chi connectivity index (χ3n) is 4.41. The van der Waals surface area contributed by atoms with Crippen LogP contribution in [0.25, 0.3) is 16.2 Å². The minimum absolute atomic E-state index is 1.16. The number of hydrogen-bond donors (Lipinski definition) is 0. The van der Waals surface area contributed by atoms with E-state index in [-0.39, 0.29) is 0 Å². The van der Waals surface area contributed by atoms with Crippen LogP contribution in [0, 0.1) is 0 Å². The lowest BCUT2D eigenvalue weighted by Crippen LogP contribution is -2.08. The first-order chi connectivity index (χ1) is 9.42. The molecule has 19 heavy (non-hydrogen) atoms. The minimum atomic E-state index is 1.16. The average Bonchev–Trinajstić information content (AvgIpc) is 3.10. The fourth-order valence-electron chi connectivity index (χ4n) is 3.52. The van der Waals surface area contributed by atoms with Crippen molar-refractivity contribution < 1.29 is 0 Å². The molecule has 0 aliphatic heterocycles. The molecule has 3 heterocycles. The monoisotopic (exact) mass is 286 g/mol. The fourth-order valence-corrected chi connectivity index (χ4v) is 5.63. The maximum atomic E-state index is 4.96. The third-order valence-corrected chi connectivity index (χ3v) is 6.53. The Bertz CT molecular complexity index is 791. The zero-order chi connectivity index (χ0) is 12.4. The molecule has 5 rings (SSSR count). The maximum absolute atomic E-state index is 4.96. The molecular formula is C15H14N2S2. The highest BCUT2D eigenvalue weighted by Gasteiger charge is 2.26. The first-order valence-electron chi connectivity index (χ1n) is 7.00. The third kappa shape index (κ3) is 1.33. The van der Waals surface area contributed by atoms with Gasteiger partial charge in [0.05, 0.1) is 11.4 Å². The molecule has 4 heteroatoms. The molecule has 0 radical (unpaired) electrons. The topological polar surface area (TPSA) is 17.3 Å². The van der Waals surface area contributed by atoms with E-state index < -0.39 is 0 Å². The van der Waals surface area contributed by atoms with Crippen molar-refractivity contribution in [3.8, 4) is 11.3 Å². The van der Waals surface area contributed by atoms with Crippen molar-refractivity contribution in [3.63, 3.8) is 0 Å². The Morgan fingerprint density at radius 3 is 2.95 bits per heavy atom. The van der Waals surface area contributed by atoms with Crippen molar-refractivity contribution >= 4 is 27.6 Å². The van der Waals surface area contributed by atoms with E-state index in [9.17, 15) is 0 Å².